The van der Waals surface area contributed by atoms with E-state index in [4.69, 9.17) is 5.73 Å². The SMILES string of the molecule is CCCC1CCC(c2nccc(N)n2)CC1. The molecule has 3 nitrogen and oxygen atoms in total. The van der Waals surface area contributed by atoms with Gasteiger partial charge in [-0.1, -0.05) is 19.8 Å². The molecule has 0 saturated heterocycles. The molecule has 3 heteroatoms. The molecule has 2 N–H and O–H groups in total. The van der Waals surface area contributed by atoms with Gasteiger partial charge in [-0.3, -0.25) is 0 Å². The highest BCUT2D eigenvalue weighted by Gasteiger charge is 2.23. The van der Waals surface area contributed by atoms with Gasteiger partial charge in [0.1, 0.15) is 11.6 Å². The normalized spacial score (nSPS) is 25.6. The molecule has 88 valence electrons. The highest BCUT2D eigenvalue weighted by molar-refractivity contribution is 5.25. The van der Waals surface area contributed by atoms with E-state index in [2.05, 4.69) is 16.9 Å². The molecule has 0 aliphatic heterocycles. The van der Waals surface area contributed by atoms with Crippen molar-refractivity contribution >= 4 is 5.82 Å². The first-order valence-electron chi connectivity index (χ1n) is 6.38. The van der Waals surface area contributed by atoms with Crippen LogP contribution in [0.4, 0.5) is 5.82 Å². The van der Waals surface area contributed by atoms with Crippen molar-refractivity contribution in [3.63, 3.8) is 0 Å². The maximum absolute atomic E-state index is 5.69. The number of nitrogen functional groups attached to an aromatic ring is 1. The minimum atomic E-state index is 0.539. The zero-order chi connectivity index (χ0) is 11.4. The number of nitrogens with zero attached hydrogens (tertiary/aromatic N) is 2. The lowest BCUT2D eigenvalue weighted by Gasteiger charge is -2.27. The molecule has 0 atom stereocenters. The van der Waals surface area contributed by atoms with Crippen LogP contribution in [0, 0.1) is 5.92 Å². The summed E-state index contributed by atoms with van der Waals surface area (Å²) in [5.41, 5.74) is 5.69. The van der Waals surface area contributed by atoms with Crippen molar-refractivity contribution in [3.05, 3.63) is 18.1 Å². The van der Waals surface area contributed by atoms with Crippen molar-refractivity contribution < 1.29 is 0 Å². The van der Waals surface area contributed by atoms with Gasteiger partial charge in [-0.05, 0) is 37.7 Å². The average Bonchev–Trinajstić information content (AvgIpc) is 2.30. The second-order valence-corrected chi connectivity index (χ2v) is 4.85. The fraction of sp³-hybridized carbons (Fsp3) is 0.692. The molecule has 16 heavy (non-hydrogen) atoms. The largest absolute Gasteiger partial charge is 0.384 e. The van der Waals surface area contributed by atoms with E-state index in [1.165, 1.54) is 38.5 Å². The van der Waals surface area contributed by atoms with Crippen molar-refractivity contribution in [1.29, 1.82) is 0 Å². The van der Waals surface area contributed by atoms with E-state index >= 15 is 0 Å². The topological polar surface area (TPSA) is 51.8 Å². The third-order valence-corrected chi connectivity index (χ3v) is 3.60. The lowest BCUT2D eigenvalue weighted by molar-refractivity contribution is 0.302. The molecule has 2 rings (SSSR count). The van der Waals surface area contributed by atoms with Crippen LogP contribution < -0.4 is 5.73 Å². The summed E-state index contributed by atoms with van der Waals surface area (Å²) < 4.78 is 0. The number of anilines is 1. The van der Waals surface area contributed by atoms with Gasteiger partial charge in [0.2, 0.25) is 0 Å². The highest BCUT2D eigenvalue weighted by atomic mass is 14.9. The number of rotatable bonds is 3. The van der Waals surface area contributed by atoms with E-state index in [1.54, 1.807) is 12.3 Å². The second kappa shape index (κ2) is 5.28. The van der Waals surface area contributed by atoms with Gasteiger partial charge in [0.25, 0.3) is 0 Å². The van der Waals surface area contributed by atoms with E-state index in [1.807, 2.05) is 0 Å². The summed E-state index contributed by atoms with van der Waals surface area (Å²) in [5, 5.41) is 0. The van der Waals surface area contributed by atoms with Gasteiger partial charge < -0.3 is 5.73 Å². The Morgan fingerprint density at radius 3 is 2.69 bits per heavy atom. The molecule has 1 aromatic heterocycles. The molecule has 1 heterocycles. The van der Waals surface area contributed by atoms with E-state index in [0.717, 1.165) is 11.7 Å². The minimum absolute atomic E-state index is 0.539. The Morgan fingerprint density at radius 2 is 2.06 bits per heavy atom. The monoisotopic (exact) mass is 219 g/mol. The Kier molecular flexibility index (Phi) is 3.75. The Bertz CT molecular complexity index is 330. The van der Waals surface area contributed by atoms with Crippen LogP contribution in [-0.4, -0.2) is 9.97 Å². The van der Waals surface area contributed by atoms with Crippen molar-refractivity contribution in [2.75, 3.05) is 5.73 Å². The maximum Gasteiger partial charge on any atom is 0.133 e. The van der Waals surface area contributed by atoms with Gasteiger partial charge in [0, 0.05) is 12.1 Å². The second-order valence-electron chi connectivity index (χ2n) is 4.85. The van der Waals surface area contributed by atoms with E-state index in [-0.39, 0.29) is 0 Å². The van der Waals surface area contributed by atoms with Gasteiger partial charge in [-0.15, -0.1) is 0 Å². The van der Waals surface area contributed by atoms with Crippen LogP contribution >= 0.6 is 0 Å². The van der Waals surface area contributed by atoms with Crippen molar-refractivity contribution in [2.24, 2.45) is 5.92 Å². The first kappa shape index (κ1) is 11.4. The number of nitrogens with two attached hydrogens (primary N) is 1. The molecule has 1 aliphatic rings. The number of hydrogen-bond donors (Lipinski definition) is 1. The molecule has 0 spiro atoms. The maximum atomic E-state index is 5.69. The summed E-state index contributed by atoms with van der Waals surface area (Å²) in [6.45, 7) is 2.27. The first-order valence-corrected chi connectivity index (χ1v) is 6.38. The van der Waals surface area contributed by atoms with Crippen LogP contribution in [0.5, 0.6) is 0 Å². The molecule has 1 aromatic rings. The third kappa shape index (κ3) is 2.71. The van der Waals surface area contributed by atoms with Gasteiger partial charge in [0.05, 0.1) is 0 Å². The zero-order valence-electron chi connectivity index (χ0n) is 10.0. The van der Waals surface area contributed by atoms with Crippen LogP contribution in [0.3, 0.4) is 0 Å². The summed E-state index contributed by atoms with van der Waals surface area (Å²) in [4.78, 5) is 8.68. The molecule has 0 amide bonds. The molecule has 0 aromatic carbocycles. The molecule has 1 aliphatic carbocycles. The molecule has 1 saturated carbocycles. The van der Waals surface area contributed by atoms with E-state index < -0.39 is 0 Å². The van der Waals surface area contributed by atoms with Crippen LogP contribution in [-0.2, 0) is 0 Å². The Hall–Kier alpha value is -1.12. The number of hydrogen-bond acceptors (Lipinski definition) is 3. The van der Waals surface area contributed by atoms with E-state index in [0.29, 0.717) is 11.7 Å². The van der Waals surface area contributed by atoms with Gasteiger partial charge >= 0.3 is 0 Å². The van der Waals surface area contributed by atoms with E-state index in [9.17, 15) is 0 Å². The fourth-order valence-electron chi connectivity index (χ4n) is 2.70. The molecular formula is C13H21N3. The quantitative estimate of drug-likeness (QED) is 0.849. The van der Waals surface area contributed by atoms with Gasteiger partial charge in [-0.25, -0.2) is 9.97 Å². The predicted octanol–water partition coefficient (Wildman–Crippen LogP) is 3.13. The first-order chi connectivity index (χ1) is 7.79. The van der Waals surface area contributed by atoms with Crippen molar-refractivity contribution in [2.45, 2.75) is 51.4 Å². The highest BCUT2D eigenvalue weighted by Crippen LogP contribution is 2.36. The average molecular weight is 219 g/mol. The molecular weight excluding hydrogens is 198 g/mol. The summed E-state index contributed by atoms with van der Waals surface area (Å²) >= 11 is 0. The van der Waals surface area contributed by atoms with Crippen LogP contribution in [0.2, 0.25) is 0 Å². The molecule has 0 radical (unpaired) electrons. The van der Waals surface area contributed by atoms with Crippen LogP contribution in [0.25, 0.3) is 0 Å². The van der Waals surface area contributed by atoms with Crippen molar-refractivity contribution in [3.8, 4) is 0 Å². The fourth-order valence-corrected chi connectivity index (χ4v) is 2.70. The Balaban J connectivity index is 1.94. The summed E-state index contributed by atoms with van der Waals surface area (Å²) in [5.74, 6) is 3.02. The van der Waals surface area contributed by atoms with Crippen LogP contribution in [0.1, 0.15) is 57.2 Å². The smallest absolute Gasteiger partial charge is 0.133 e. The van der Waals surface area contributed by atoms with Crippen LogP contribution in [0.15, 0.2) is 12.3 Å². The van der Waals surface area contributed by atoms with Gasteiger partial charge in [0.15, 0.2) is 0 Å². The van der Waals surface area contributed by atoms with Crippen molar-refractivity contribution in [1.82, 2.24) is 9.97 Å². The predicted molar refractivity (Wildman–Crippen MR) is 66.1 cm³/mol. The standard InChI is InChI=1S/C13H21N3/c1-2-3-10-4-6-11(7-5-10)13-15-9-8-12(14)16-13/h8-11H,2-7H2,1H3,(H2,14,15,16). The summed E-state index contributed by atoms with van der Waals surface area (Å²) in [6, 6.07) is 1.76. The lowest BCUT2D eigenvalue weighted by atomic mass is 9.80. The Labute approximate surface area is 97.5 Å². The third-order valence-electron chi connectivity index (χ3n) is 3.60. The molecule has 0 bridgehead atoms. The molecule has 0 unspecified atom stereocenters. The zero-order valence-corrected chi connectivity index (χ0v) is 10.0. The summed E-state index contributed by atoms with van der Waals surface area (Å²) in [6.07, 6.45) is 9.58. The number of aromatic nitrogens is 2. The van der Waals surface area contributed by atoms with Gasteiger partial charge in [-0.2, -0.15) is 0 Å². The molecule has 1 fully saturated rings. The summed E-state index contributed by atoms with van der Waals surface area (Å²) in [7, 11) is 0. The lowest BCUT2D eigenvalue weighted by Crippen LogP contribution is -2.15. The minimum Gasteiger partial charge on any atom is -0.384 e. The Morgan fingerprint density at radius 1 is 1.31 bits per heavy atom.